The van der Waals surface area contributed by atoms with Crippen LogP contribution in [0.1, 0.15) is 12.5 Å². The van der Waals surface area contributed by atoms with E-state index >= 15 is 0 Å². The summed E-state index contributed by atoms with van der Waals surface area (Å²) in [4.78, 5) is 1.77. The van der Waals surface area contributed by atoms with Crippen molar-refractivity contribution in [3.8, 4) is 5.75 Å². The summed E-state index contributed by atoms with van der Waals surface area (Å²) in [5, 5.41) is 8.95. The van der Waals surface area contributed by atoms with Crippen molar-refractivity contribution < 1.29 is 9.84 Å². The number of hydrogen-bond donors (Lipinski definition) is 1. The van der Waals surface area contributed by atoms with Gasteiger partial charge in [0.25, 0.3) is 0 Å². The highest BCUT2D eigenvalue weighted by atomic mass is 16.5. The zero-order chi connectivity index (χ0) is 10.6. The summed E-state index contributed by atoms with van der Waals surface area (Å²) in [5.41, 5.74) is 2.08. The number of benzene rings is 1. The molecule has 0 unspecified atom stereocenters. The molecule has 0 aliphatic rings. The Hall–Kier alpha value is -1.22. The summed E-state index contributed by atoms with van der Waals surface area (Å²) in [6.45, 7) is 4.66. The predicted molar refractivity (Wildman–Crippen MR) is 57.8 cm³/mol. The highest BCUT2D eigenvalue weighted by molar-refractivity contribution is 5.52. The Morgan fingerprint density at radius 3 is 2.64 bits per heavy atom. The van der Waals surface area contributed by atoms with E-state index in [4.69, 9.17) is 9.84 Å². The lowest BCUT2D eigenvalue weighted by Crippen LogP contribution is -2.17. The highest BCUT2D eigenvalue weighted by Crippen LogP contribution is 2.23. The van der Waals surface area contributed by atoms with Gasteiger partial charge in [0.05, 0.1) is 6.61 Å². The van der Waals surface area contributed by atoms with Crippen molar-refractivity contribution in [3.05, 3.63) is 23.8 Å². The maximum Gasteiger partial charge on any atom is 0.122 e. The quantitative estimate of drug-likeness (QED) is 0.743. The average molecular weight is 195 g/mol. The van der Waals surface area contributed by atoms with Crippen LogP contribution >= 0.6 is 0 Å². The second-order valence-corrected chi connectivity index (χ2v) is 3.22. The van der Waals surface area contributed by atoms with Crippen LogP contribution in [-0.4, -0.2) is 25.5 Å². The van der Waals surface area contributed by atoms with Crippen LogP contribution in [0.5, 0.6) is 5.75 Å². The van der Waals surface area contributed by atoms with E-state index in [-0.39, 0.29) is 6.73 Å². The fourth-order valence-electron chi connectivity index (χ4n) is 1.27. The minimum absolute atomic E-state index is 0.0213. The lowest BCUT2D eigenvalue weighted by molar-refractivity contribution is 0.298. The summed E-state index contributed by atoms with van der Waals surface area (Å²) in [6.07, 6.45) is 0. The molecule has 1 aromatic carbocycles. The first-order valence-corrected chi connectivity index (χ1v) is 4.74. The van der Waals surface area contributed by atoms with Gasteiger partial charge in [-0.2, -0.15) is 0 Å². The van der Waals surface area contributed by atoms with Crippen molar-refractivity contribution in [2.75, 3.05) is 25.3 Å². The van der Waals surface area contributed by atoms with Crippen molar-refractivity contribution in [1.29, 1.82) is 0 Å². The van der Waals surface area contributed by atoms with E-state index in [1.54, 1.807) is 4.90 Å². The van der Waals surface area contributed by atoms with E-state index in [0.717, 1.165) is 17.0 Å². The summed E-state index contributed by atoms with van der Waals surface area (Å²) < 4.78 is 5.42. The second kappa shape index (κ2) is 4.86. The molecule has 0 saturated carbocycles. The number of aliphatic hydroxyl groups is 1. The molecule has 0 aliphatic heterocycles. The van der Waals surface area contributed by atoms with Gasteiger partial charge < -0.3 is 14.7 Å². The van der Waals surface area contributed by atoms with Gasteiger partial charge in [0.1, 0.15) is 12.5 Å². The van der Waals surface area contributed by atoms with Gasteiger partial charge in [0.15, 0.2) is 0 Å². The Morgan fingerprint density at radius 1 is 1.43 bits per heavy atom. The fraction of sp³-hybridized carbons (Fsp3) is 0.455. The summed E-state index contributed by atoms with van der Waals surface area (Å²) in [6, 6.07) is 5.87. The van der Waals surface area contributed by atoms with Gasteiger partial charge in [0.2, 0.25) is 0 Å². The van der Waals surface area contributed by atoms with E-state index in [0.29, 0.717) is 6.61 Å². The van der Waals surface area contributed by atoms with Crippen LogP contribution in [0.3, 0.4) is 0 Å². The first-order valence-electron chi connectivity index (χ1n) is 4.74. The normalized spacial score (nSPS) is 10.0. The van der Waals surface area contributed by atoms with Gasteiger partial charge in [-0.3, -0.25) is 0 Å². The van der Waals surface area contributed by atoms with Crippen LogP contribution in [-0.2, 0) is 0 Å². The molecular formula is C11H17NO2. The monoisotopic (exact) mass is 195 g/mol. The molecule has 3 heteroatoms. The molecule has 0 aromatic heterocycles. The molecule has 1 rings (SSSR count). The van der Waals surface area contributed by atoms with Crippen molar-refractivity contribution in [3.63, 3.8) is 0 Å². The van der Waals surface area contributed by atoms with E-state index in [1.807, 2.05) is 39.1 Å². The van der Waals surface area contributed by atoms with E-state index in [9.17, 15) is 0 Å². The first-order chi connectivity index (χ1) is 6.69. The molecular weight excluding hydrogens is 178 g/mol. The highest BCUT2D eigenvalue weighted by Gasteiger charge is 2.03. The van der Waals surface area contributed by atoms with Gasteiger partial charge in [0, 0.05) is 12.7 Å². The summed E-state index contributed by atoms with van der Waals surface area (Å²) >= 11 is 0. The molecule has 0 heterocycles. The molecule has 0 atom stereocenters. The van der Waals surface area contributed by atoms with Gasteiger partial charge in [-0.1, -0.05) is 0 Å². The first kappa shape index (κ1) is 10.9. The van der Waals surface area contributed by atoms with E-state index in [1.165, 1.54) is 0 Å². The van der Waals surface area contributed by atoms with E-state index in [2.05, 4.69) is 0 Å². The minimum atomic E-state index is 0.0213. The fourth-order valence-corrected chi connectivity index (χ4v) is 1.27. The van der Waals surface area contributed by atoms with Gasteiger partial charge in [-0.15, -0.1) is 0 Å². The molecule has 1 aromatic rings. The van der Waals surface area contributed by atoms with Crippen molar-refractivity contribution in [2.24, 2.45) is 0 Å². The molecule has 0 radical (unpaired) electrons. The van der Waals surface area contributed by atoms with Crippen LogP contribution in [0.4, 0.5) is 5.69 Å². The Morgan fingerprint density at radius 2 is 2.14 bits per heavy atom. The Bertz CT molecular complexity index is 299. The molecule has 0 fully saturated rings. The molecule has 14 heavy (non-hydrogen) atoms. The topological polar surface area (TPSA) is 32.7 Å². The molecule has 0 aliphatic carbocycles. The Labute approximate surface area is 84.9 Å². The molecule has 3 nitrogen and oxygen atoms in total. The summed E-state index contributed by atoms with van der Waals surface area (Å²) in [5.74, 6) is 0.905. The predicted octanol–water partition coefficient (Wildman–Crippen LogP) is 1.78. The number of hydrogen-bond acceptors (Lipinski definition) is 3. The van der Waals surface area contributed by atoms with E-state index < -0.39 is 0 Å². The largest absolute Gasteiger partial charge is 0.494 e. The number of anilines is 1. The number of nitrogens with zero attached hydrogens (tertiary/aromatic N) is 1. The summed E-state index contributed by atoms with van der Waals surface area (Å²) in [7, 11) is 1.84. The number of ether oxygens (including phenoxy) is 1. The zero-order valence-electron chi connectivity index (χ0n) is 8.95. The minimum Gasteiger partial charge on any atom is -0.494 e. The molecule has 0 spiro atoms. The van der Waals surface area contributed by atoms with Crippen molar-refractivity contribution >= 4 is 5.69 Å². The average Bonchev–Trinajstić information content (AvgIpc) is 2.20. The Balaban J connectivity index is 2.88. The third-order valence-electron chi connectivity index (χ3n) is 2.11. The number of rotatable bonds is 4. The van der Waals surface area contributed by atoms with Crippen LogP contribution in [0.25, 0.3) is 0 Å². The van der Waals surface area contributed by atoms with Crippen molar-refractivity contribution in [2.45, 2.75) is 13.8 Å². The van der Waals surface area contributed by atoms with Crippen molar-refractivity contribution in [1.82, 2.24) is 0 Å². The number of aryl methyl sites for hydroxylation is 1. The zero-order valence-corrected chi connectivity index (χ0v) is 8.95. The van der Waals surface area contributed by atoms with Crippen LogP contribution < -0.4 is 9.64 Å². The third kappa shape index (κ3) is 2.39. The lowest BCUT2D eigenvalue weighted by Gasteiger charge is -2.17. The second-order valence-electron chi connectivity index (χ2n) is 3.22. The molecule has 1 N–H and O–H groups in total. The smallest absolute Gasteiger partial charge is 0.122 e. The van der Waals surface area contributed by atoms with Crippen LogP contribution in [0, 0.1) is 6.92 Å². The third-order valence-corrected chi connectivity index (χ3v) is 2.11. The standard InChI is InChI=1S/C11H17NO2/c1-4-14-11-6-5-10(7-9(11)2)12(3)8-13/h5-7,13H,4,8H2,1-3H3. The van der Waals surface area contributed by atoms with Gasteiger partial charge in [-0.05, 0) is 37.6 Å². The molecule has 0 saturated heterocycles. The maximum atomic E-state index is 8.95. The van der Waals surface area contributed by atoms with Gasteiger partial charge in [-0.25, -0.2) is 0 Å². The van der Waals surface area contributed by atoms with Gasteiger partial charge >= 0.3 is 0 Å². The molecule has 0 bridgehead atoms. The Kier molecular flexibility index (Phi) is 3.77. The van der Waals surface area contributed by atoms with Crippen LogP contribution in [0.15, 0.2) is 18.2 Å². The number of aliphatic hydroxyl groups excluding tert-OH is 1. The molecule has 0 amide bonds. The van der Waals surface area contributed by atoms with Crippen LogP contribution in [0.2, 0.25) is 0 Å². The lowest BCUT2D eigenvalue weighted by atomic mass is 10.2. The maximum absolute atomic E-state index is 8.95. The SMILES string of the molecule is CCOc1ccc(N(C)CO)cc1C. The molecule has 78 valence electrons.